The Morgan fingerprint density at radius 3 is 2.93 bits per heavy atom. The number of pyridine rings is 1. The van der Waals surface area contributed by atoms with E-state index in [2.05, 4.69) is 4.98 Å². The molecule has 1 unspecified atom stereocenters. The van der Waals surface area contributed by atoms with Gasteiger partial charge in [-0.25, -0.2) is 4.98 Å². The minimum atomic E-state index is 0.0353. The molecule has 0 saturated carbocycles. The Labute approximate surface area is 87.5 Å². The Kier molecular flexibility index (Phi) is 2.21. The van der Waals surface area contributed by atoms with Crippen LogP contribution in [0, 0.1) is 6.92 Å². The minimum Gasteiger partial charge on any atom is -0.324 e. The van der Waals surface area contributed by atoms with Gasteiger partial charge in [-0.1, -0.05) is 0 Å². The van der Waals surface area contributed by atoms with Crippen LogP contribution in [0.1, 0.15) is 24.2 Å². The van der Waals surface area contributed by atoms with E-state index in [-0.39, 0.29) is 6.04 Å². The Morgan fingerprint density at radius 1 is 1.57 bits per heavy atom. The molecule has 0 aromatic carbocycles. The molecule has 0 bridgehead atoms. The van der Waals surface area contributed by atoms with E-state index in [9.17, 15) is 0 Å². The van der Waals surface area contributed by atoms with Gasteiger partial charge in [-0.05, 0) is 43.1 Å². The van der Waals surface area contributed by atoms with Gasteiger partial charge in [-0.15, -0.1) is 0 Å². The van der Waals surface area contributed by atoms with Crippen molar-refractivity contribution in [3.05, 3.63) is 34.9 Å². The fourth-order valence-electron chi connectivity index (χ4n) is 1.49. The highest BCUT2D eigenvalue weighted by atomic mass is 35.5. The summed E-state index contributed by atoms with van der Waals surface area (Å²) in [5, 5.41) is 0.494. The van der Waals surface area contributed by atoms with Crippen LogP contribution in [0.25, 0.3) is 5.52 Å². The lowest BCUT2D eigenvalue weighted by atomic mass is 10.1. The van der Waals surface area contributed by atoms with Crippen molar-refractivity contribution in [3.8, 4) is 0 Å². The van der Waals surface area contributed by atoms with Crippen LogP contribution in [-0.4, -0.2) is 9.38 Å². The van der Waals surface area contributed by atoms with Crippen molar-refractivity contribution in [2.75, 3.05) is 0 Å². The SMILES string of the molecule is Cc1nc(Cl)n2ccc(C(C)N)cc12. The number of aromatic nitrogens is 2. The predicted molar refractivity (Wildman–Crippen MR) is 57.5 cm³/mol. The molecule has 2 aromatic heterocycles. The molecule has 2 N–H and O–H groups in total. The monoisotopic (exact) mass is 209 g/mol. The van der Waals surface area contributed by atoms with E-state index in [1.54, 1.807) is 0 Å². The van der Waals surface area contributed by atoms with Crippen LogP contribution >= 0.6 is 11.6 Å². The summed E-state index contributed by atoms with van der Waals surface area (Å²) in [6, 6.07) is 4.02. The maximum atomic E-state index is 5.93. The molecule has 2 heterocycles. The topological polar surface area (TPSA) is 43.3 Å². The van der Waals surface area contributed by atoms with Crippen molar-refractivity contribution in [1.82, 2.24) is 9.38 Å². The molecular formula is C10H12ClN3. The van der Waals surface area contributed by atoms with Crippen molar-refractivity contribution < 1.29 is 0 Å². The smallest absolute Gasteiger partial charge is 0.207 e. The van der Waals surface area contributed by atoms with E-state index in [4.69, 9.17) is 17.3 Å². The second-order valence-electron chi connectivity index (χ2n) is 3.47. The molecule has 0 aliphatic heterocycles. The molecule has 2 rings (SSSR count). The number of hydrogen-bond acceptors (Lipinski definition) is 2. The second-order valence-corrected chi connectivity index (χ2v) is 3.81. The first-order chi connectivity index (χ1) is 6.59. The number of nitrogens with two attached hydrogens (primary N) is 1. The highest BCUT2D eigenvalue weighted by Gasteiger charge is 2.07. The Morgan fingerprint density at radius 2 is 2.29 bits per heavy atom. The maximum absolute atomic E-state index is 5.93. The highest BCUT2D eigenvalue weighted by Crippen LogP contribution is 2.19. The summed E-state index contributed by atoms with van der Waals surface area (Å²) < 4.78 is 1.85. The molecule has 0 spiro atoms. The van der Waals surface area contributed by atoms with E-state index in [1.165, 1.54) is 0 Å². The number of halogens is 1. The zero-order chi connectivity index (χ0) is 10.3. The quantitative estimate of drug-likeness (QED) is 0.784. The third-order valence-corrected chi connectivity index (χ3v) is 2.60. The van der Waals surface area contributed by atoms with E-state index in [0.29, 0.717) is 5.28 Å². The average molecular weight is 210 g/mol. The van der Waals surface area contributed by atoms with Gasteiger partial charge in [0.2, 0.25) is 5.28 Å². The van der Waals surface area contributed by atoms with Gasteiger partial charge in [0.1, 0.15) is 0 Å². The highest BCUT2D eigenvalue weighted by molar-refractivity contribution is 6.28. The summed E-state index contributed by atoms with van der Waals surface area (Å²) in [5.41, 5.74) is 8.84. The number of nitrogens with zero attached hydrogens (tertiary/aromatic N) is 2. The van der Waals surface area contributed by atoms with Gasteiger partial charge >= 0.3 is 0 Å². The number of hydrogen-bond donors (Lipinski definition) is 1. The molecule has 3 nitrogen and oxygen atoms in total. The number of fused-ring (bicyclic) bond motifs is 1. The lowest BCUT2D eigenvalue weighted by molar-refractivity contribution is 0.816. The Bertz CT molecular complexity index is 473. The van der Waals surface area contributed by atoms with Crippen LogP contribution in [0.5, 0.6) is 0 Å². The van der Waals surface area contributed by atoms with Gasteiger partial charge in [0, 0.05) is 12.2 Å². The number of rotatable bonds is 1. The van der Waals surface area contributed by atoms with Crippen LogP contribution in [-0.2, 0) is 0 Å². The third-order valence-electron chi connectivity index (χ3n) is 2.33. The zero-order valence-corrected chi connectivity index (χ0v) is 8.92. The molecule has 2 aromatic rings. The third kappa shape index (κ3) is 1.38. The van der Waals surface area contributed by atoms with E-state index >= 15 is 0 Å². The van der Waals surface area contributed by atoms with Gasteiger partial charge in [-0.3, -0.25) is 4.40 Å². The van der Waals surface area contributed by atoms with E-state index in [1.807, 2.05) is 36.6 Å². The van der Waals surface area contributed by atoms with Crippen molar-refractivity contribution in [1.29, 1.82) is 0 Å². The first-order valence-corrected chi connectivity index (χ1v) is 4.87. The predicted octanol–water partition coefficient (Wildman–Crippen LogP) is 2.32. The molecule has 14 heavy (non-hydrogen) atoms. The normalized spacial score (nSPS) is 13.4. The largest absolute Gasteiger partial charge is 0.324 e. The van der Waals surface area contributed by atoms with Crippen LogP contribution < -0.4 is 5.73 Å². The van der Waals surface area contributed by atoms with Crippen molar-refractivity contribution in [2.24, 2.45) is 5.73 Å². The molecule has 0 amide bonds. The molecule has 0 radical (unpaired) electrons. The van der Waals surface area contributed by atoms with Crippen molar-refractivity contribution in [3.63, 3.8) is 0 Å². The molecule has 0 aliphatic carbocycles. The van der Waals surface area contributed by atoms with Gasteiger partial charge in [0.25, 0.3) is 0 Å². The fraction of sp³-hybridized carbons (Fsp3) is 0.300. The summed E-state index contributed by atoms with van der Waals surface area (Å²) >= 11 is 5.93. The van der Waals surface area contributed by atoms with Gasteiger partial charge < -0.3 is 5.73 Å². The first-order valence-electron chi connectivity index (χ1n) is 4.49. The van der Waals surface area contributed by atoms with Gasteiger partial charge in [0.05, 0.1) is 11.2 Å². The second kappa shape index (κ2) is 3.26. The molecule has 74 valence electrons. The Balaban J connectivity index is 2.71. The minimum absolute atomic E-state index is 0.0353. The standard InChI is InChI=1S/C10H12ClN3/c1-6(12)8-3-4-14-9(5-8)7(2)13-10(14)11/h3-6H,12H2,1-2H3. The number of aryl methyl sites for hydroxylation is 1. The van der Waals surface area contributed by atoms with E-state index in [0.717, 1.165) is 16.8 Å². The van der Waals surface area contributed by atoms with Crippen LogP contribution in [0.15, 0.2) is 18.3 Å². The molecule has 0 fully saturated rings. The van der Waals surface area contributed by atoms with Crippen LogP contribution in [0.3, 0.4) is 0 Å². The molecule has 1 atom stereocenters. The lowest BCUT2D eigenvalue weighted by Crippen LogP contribution is -2.05. The summed E-state index contributed by atoms with van der Waals surface area (Å²) in [7, 11) is 0. The maximum Gasteiger partial charge on any atom is 0.207 e. The summed E-state index contributed by atoms with van der Waals surface area (Å²) in [4.78, 5) is 4.18. The summed E-state index contributed by atoms with van der Waals surface area (Å²) in [6.45, 7) is 3.89. The van der Waals surface area contributed by atoms with Gasteiger partial charge in [-0.2, -0.15) is 0 Å². The fourth-order valence-corrected chi connectivity index (χ4v) is 1.76. The molecule has 0 saturated heterocycles. The average Bonchev–Trinajstić information content (AvgIpc) is 2.42. The zero-order valence-electron chi connectivity index (χ0n) is 8.16. The number of imidazole rings is 1. The Hall–Kier alpha value is -1.06. The van der Waals surface area contributed by atoms with Crippen molar-refractivity contribution >= 4 is 17.1 Å². The molecular weight excluding hydrogens is 198 g/mol. The summed E-state index contributed by atoms with van der Waals surface area (Å²) in [5.74, 6) is 0. The van der Waals surface area contributed by atoms with Crippen LogP contribution in [0.4, 0.5) is 0 Å². The summed E-state index contributed by atoms with van der Waals surface area (Å²) in [6.07, 6.45) is 1.90. The van der Waals surface area contributed by atoms with Crippen LogP contribution in [0.2, 0.25) is 5.28 Å². The van der Waals surface area contributed by atoms with Gasteiger partial charge in [0.15, 0.2) is 0 Å². The first kappa shape index (κ1) is 9.49. The lowest BCUT2D eigenvalue weighted by Gasteiger charge is -2.05. The molecule has 0 aliphatic rings. The van der Waals surface area contributed by atoms with E-state index < -0.39 is 0 Å². The molecule has 4 heteroatoms. The van der Waals surface area contributed by atoms with Crippen molar-refractivity contribution in [2.45, 2.75) is 19.9 Å².